The van der Waals surface area contributed by atoms with Crippen molar-refractivity contribution in [3.8, 4) is 11.1 Å². The van der Waals surface area contributed by atoms with E-state index in [1.165, 1.54) is 25.9 Å². The summed E-state index contributed by atoms with van der Waals surface area (Å²) < 4.78 is 0. The van der Waals surface area contributed by atoms with Gasteiger partial charge in [0.25, 0.3) is 5.91 Å². The largest absolute Gasteiger partial charge is 0.387 e. The van der Waals surface area contributed by atoms with Gasteiger partial charge in [-0.25, -0.2) is 4.99 Å². The Balaban J connectivity index is 0.000000371. The molecule has 4 rings (SSSR count). The molecule has 2 heterocycles. The molecule has 2 N–H and O–H groups in total. The quantitative estimate of drug-likeness (QED) is 0.552. The number of nitrogens with zero attached hydrogens (tertiary/aromatic N) is 3. The molecule has 0 saturated carbocycles. The Morgan fingerprint density at radius 3 is 2.26 bits per heavy atom. The summed E-state index contributed by atoms with van der Waals surface area (Å²) in [7, 11) is 2.17. The first-order valence-electron chi connectivity index (χ1n) is 12.7. The minimum absolute atomic E-state index is 0.102. The minimum Gasteiger partial charge on any atom is -0.387 e. The first kappa shape index (κ1) is 26.4. The lowest BCUT2D eigenvalue weighted by atomic mass is 10.00. The molecule has 186 valence electrons. The van der Waals surface area contributed by atoms with Crippen LogP contribution in [-0.2, 0) is 4.79 Å². The molecule has 6 nitrogen and oxygen atoms in total. The van der Waals surface area contributed by atoms with Gasteiger partial charge in [-0.15, -0.1) is 0 Å². The van der Waals surface area contributed by atoms with E-state index in [0.717, 1.165) is 60.2 Å². The molecule has 2 aliphatic heterocycles. The highest BCUT2D eigenvalue weighted by Crippen LogP contribution is 2.31. The summed E-state index contributed by atoms with van der Waals surface area (Å²) in [5.41, 5.74) is 10.9. The standard InChI is InChI=1S/C22H21N3O2.C7H17N/c23-21-12-15(14-26)11-19-8-7-18(13-20(19)24-21)16-3-5-17(6-4-16)22(27)25-9-1-2-10-25;1-4-6-8(3)7-5-2/h3-8,11,13-14H,1-2,9-10,12H2,(H2,23,24);4-7H2,1-3H3. The third-order valence-corrected chi connectivity index (χ3v) is 6.24. The number of rotatable bonds is 7. The number of aliphatic imine (C=N–C) groups is 1. The van der Waals surface area contributed by atoms with E-state index in [2.05, 4.69) is 30.8 Å². The fraction of sp³-hybridized carbons (Fsp3) is 0.414. The number of hydrogen-bond acceptors (Lipinski definition) is 5. The first-order valence-corrected chi connectivity index (χ1v) is 12.7. The van der Waals surface area contributed by atoms with E-state index < -0.39 is 0 Å². The van der Waals surface area contributed by atoms with Gasteiger partial charge >= 0.3 is 0 Å². The number of amides is 1. The number of benzene rings is 2. The average Bonchev–Trinajstić information content (AvgIpc) is 3.34. The van der Waals surface area contributed by atoms with E-state index in [1.807, 2.05) is 53.4 Å². The Hall–Kier alpha value is -3.25. The van der Waals surface area contributed by atoms with Gasteiger partial charge in [0.1, 0.15) is 12.1 Å². The number of likely N-dealkylation sites (tertiary alicyclic amines) is 1. The van der Waals surface area contributed by atoms with E-state index in [4.69, 9.17) is 5.73 Å². The molecule has 6 heteroatoms. The number of amidine groups is 1. The van der Waals surface area contributed by atoms with Crippen molar-refractivity contribution in [2.24, 2.45) is 10.7 Å². The van der Waals surface area contributed by atoms with Crippen LogP contribution in [0.25, 0.3) is 17.2 Å². The number of aldehydes is 1. The fourth-order valence-corrected chi connectivity index (χ4v) is 4.46. The molecule has 0 bridgehead atoms. The Morgan fingerprint density at radius 1 is 1.03 bits per heavy atom. The Kier molecular flexibility index (Phi) is 9.79. The lowest BCUT2D eigenvalue weighted by molar-refractivity contribution is -0.104. The van der Waals surface area contributed by atoms with Crippen LogP contribution in [0.3, 0.4) is 0 Å². The highest BCUT2D eigenvalue weighted by atomic mass is 16.2. The summed E-state index contributed by atoms with van der Waals surface area (Å²) in [5, 5.41) is 0. The maximum absolute atomic E-state index is 12.5. The molecule has 2 aliphatic rings. The lowest BCUT2D eigenvalue weighted by Crippen LogP contribution is -2.27. The molecular weight excluding hydrogens is 436 g/mol. The molecule has 2 aromatic carbocycles. The van der Waals surface area contributed by atoms with Crippen LogP contribution in [0, 0.1) is 0 Å². The first-order chi connectivity index (χ1) is 16.9. The molecule has 1 amide bonds. The van der Waals surface area contributed by atoms with Gasteiger partial charge in [0.2, 0.25) is 0 Å². The summed E-state index contributed by atoms with van der Waals surface area (Å²) in [6.07, 6.45) is 7.73. The summed E-state index contributed by atoms with van der Waals surface area (Å²) in [5.74, 6) is 0.528. The number of nitrogens with two attached hydrogens (primary N) is 1. The molecule has 0 aliphatic carbocycles. The predicted octanol–water partition coefficient (Wildman–Crippen LogP) is 5.30. The second kappa shape index (κ2) is 13.0. The monoisotopic (exact) mass is 474 g/mol. The zero-order valence-corrected chi connectivity index (χ0v) is 21.3. The predicted molar refractivity (Wildman–Crippen MR) is 145 cm³/mol. The van der Waals surface area contributed by atoms with Crippen LogP contribution >= 0.6 is 0 Å². The second-order valence-electron chi connectivity index (χ2n) is 9.27. The third-order valence-electron chi connectivity index (χ3n) is 6.24. The fourth-order valence-electron chi connectivity index (χ4n) is 4.46. The van der Waals surface area contributed by atoms with Crippen molar-refractivity contribution >= 4 is 29.8 Å². The van der Waals surface area contributed by atoms with E-state index in [9.17, 15) is 9.59 Å². The van der Waals surface area contributed by atoms with Crippen molar-refractivity contribution < 1.29 is 9.59 Å². The van der Waals surface area contributed by atoms with E-state index in [0.29, 0.717) is 17.8 Å². The van der Waals surface area contributed by atoms with Crippen molar-refractivity contribution in [2.75, 3.05) is 33.2 Å². The van der Waals surface area contributed by atoms with Gasteiger partial charge in [0.05, 0.1) is 5.69 Å². The number of carbonyl (C=O) groups excluding carboxylic acids is 2. The molecular formula is C29H38N4O2. The molecule has 1 fully saturated rings. The number of carbonyl (C=O) groups is 2. The van der Waals surface area contributed by atoms with Crippen molar-refractivity contribution in [3.05, 3.63) is 59.2 Å². The Bertz CT molecular complexity index is 1060. The van der Waals surface area contributed by atoms with Crippen LogP contribution in [0.4, 0.5) is 5.69 Å². The molecule has 0 radical (unpaired) electrons. The van der Waals surface area contributed by atoms with Crippen molar-refractivity contribution in [1.29, 1.82) is 0 Å². The molecule has 2 aromatic rings. The van der Waals surface area contributed by atoms with Crippen molar-refractivity contribution in [1.82, 2.24) is 9.80 Å². The van der Waals surface area contributed by atoms with E-state index >= 15 is 0 Å². The minimum atomic E-state index is 0.102. The summed E-state index contributed by atoms with van der Waals surface area (Å²) >= 11 is 0. The van der Waals surface area contributed by atoms with Crippen LogP contribution in [0.2, 0.25) is 0 Å². The van der Waals surface area contributed by atoms with Crippen LogP contribution < -0.4 is 5.73 Å². The third kappa shape index (κ3) is 7.36. The van der Waals surface area contributed by atoms with E-state index in [1.54, 1.807) is 0 Å². The zero-order valence-electron chi connectivity index (χ0n) is 21.3. The molecule has 35 heavy (non-hydrogen) atoms. The van der Waals surface area contributed by atoms with Gasteiger partial charge in [0, 0.05) is 36.2 Å². The maximum atomic E-state index is 12.5. The zero-order chi connectivity index (χ0) is 25.2. The van der Waals surface area contributed by atoms with Gasteiger partial charge in [-0.2, -0.15) is 0 Å². The van der Waals surface area contributed by atoms with Gasteiger partial charge < -0.3 is 15.5 Å². The summed E-state index contributed by atoms with van der Waals surface area (Å²) in [4.78, 5) is 32.3. The molecule has 0 atom stereocenters. The van der Waals surface area contributed by atoms with Crippen LogP contribution in [0.15, 0.2) is 53.0 Å². The highest BCUT2D eigenvalue weighted by molar-refractivity contribution is 5.98. The average molecular weight is 475 g/mol. The maximum Gasteiger partial charge on any atom is 0.253 e. The molecule has 0 unspecified atom stereocenters. The number of hydrogen-bond donors (Lipinski definition) is 1. The Morgan fingerprint density at radius 2 is 1.66 bits per heavy atom. The van der Waals surface area contributed by atoms with Gasteiger partial charge in [0.15, 0.2) is 0 Å². The van der Waals surface area contributed by atoms with Crippen LogP contribution in [0.5, 0.6) is 0 Å². The van der Waals surface area contributed by atoms with Gasteiger partial charge in [-0.05, 0) is 81.2 Å². The van der Waals surface area contributed by atoms with E-state index in [-0.39, 0.29) is 5.91 Å². The topological polar surface area (TPSA) is 79.0 Å². The smallest absolute Gasteiger partial charge is 0.253 e. The van der Waals surface area contributed by atoms with Gasteiger partial charge in [-0.3, -0.25) is 9.59 Å². The lowest BCUT2D eigenvalue weighted by Gasteiger charge is -2.15. The van der Waals surface area contributed by atoms with Crippen molar-refractivity contribution in [2.45, 2.75) is 46.0 Å². The highest BCUT2D eigenvalue weighted by Gasteiger charge is 2.19. The SMILES string of the molecule is CCCN(C)CCC.NC1=Nc2cc(-c3ccc(C(=O)N4CCCC4)cc3)ccc2C=C(C=O)C1. The number of fused-ring (bicyclic) bond motifs is 1. The van der Waals surface area contributed by atoms with Crippen LogP contribution in [-0.4, -0.2) is 61.1 Å². The normalized spacial score (nSPS) is 14.9. The summed E-state index contributed by atoms with van der Waals surface area (Å²) in [6, 6.07) is 13.6. The Labute approximate surface area is 209 Å². The molecule has 1 saturated heterocycles. The van der Waals surface area contributed by atoms with Crippen LogP contribution in [0.1, 0.15) is 61.9 Å². The van der Waals surface area contributed by atoms with Crippen molar-refractivity contribution in [3.63, 3.8) is 0 Å². The molecule has 0 aromatic heterocycles. The summed E-state index contributed by atoms with van der Waals surface area (Å²) in [6.45, 7) is 8.61. The van der Waals surface area contributed by atoms with Gasteiger partial charge in [-0.1, -0.05) is 38.1 Å². The second-order valence-corrected chi connectivity index (χ2v) is 9.27. The molecule has 0 spiro atoms.